The van der Waals surface area contributed by atoms with Crippen LogP contribution in [0.4, 0.5) is 5.82 Å². The maximum atomic E-state index is 5.81. The number of methoxy groups -OCH3 is 1. The summed E-state index contributed by atoms with van der Waals surface area (Å²) in [6.07, 6.45) is 0. The summed E-state index contributed by atoms with van der Waals surface area (Å²) in [5, 5.41) is 0. The molecule has 0 aliphatic carbocycles. The van der Waals surface area contributed by atoms with Crippen molar-refractivity contribution in [2.24, 2.45) is 0 Å². The standard InChI is InChI=1S/C11H17ClN2O/c1-9-6-10(8-12)7-11(13-9)14(2)4-5-15-3/h6-7H,4-5,8H2,1-3H3. The summed E-state index contributed by atoms with van der Waals surface area (Å²) in [6, 6.07) is 4.01. The van der Waals surface area contributed by atoms with E-state index in [1.165, 1.54) is 0 Å². The van der Waals surface area contributed by atoms with Gasteiger partial charge in [-0.3, -0.25) is 0 Å². The molecule has 0 aliphatic rings. The Kier molecular flexibility index (Phi) is 4.85. The summed E-state index contributed by atoms with van der Waals surface area (Å²) in [7, 11) is 3.69. The predicted octanol–water partition coefficient (Wildman–Crippen LogP) is 2.21. The predicted molar refractivity (Wildman–Crippen MR) is 63.7 cm³/mol. The van der Waals surface area contributed by atoms with E-state index in [0.29, 0.717) is 12.5 Å². The van der Waals surface area contributed by atoms with Crippen LogP contribution in [0.1, 0.15) is 11.3 Å². The molecule has 1 aromatic heterocycles. The smallest absolute Gasteiger partial charge is 0.128 e. The van der Waals surface area contributed by atoms with Crippen LogP contribution >= 0.6 is 11.6 Å². The Labute approximate surface area is 96.0 Å². The zero-order valence-electron chi connectivity index (χ0n) is 9.46. The molecule has 0 bridgehead atoms. The van der Waals surface area contributed by atoms with Crippen molar-refractivity contribution in [3.05, 3.63) is 23.4 Å². The normalized spacial score (nSPS) is 10.4. The fraction of sp³-hybridized carbons (Fsp3) is 0.545. The number of anilines is 1. The lowest BCUT2D eigenvalue weighted by atomic mass is 10.2. The Hall–Kier alpha value is -0.800. The molecule has 1 aromatic rings. The molecule has 0 N–H and O–H groups in total. The highest BCUT2D eigenvalue weighted by Gasteiger charge is 2.04. The zero-order chi connectivity index (χ0) is 11.3. The topological polar surface area (TPSA) is 25.4 Å². The van der Waals surface area contributed by atoms with E-state index in [4.69, 9.17) is 16.3 Å². The van der Waals surface area contributed by atoms with Gasteiger partial charge >= 0.3 is 0 Å². The van der Waals surface area contributed by atoms with E-state index in [0.717, 1.165) is 23.6 Å². The number of hydrogen-bond donors (Lipinski definition) is 0. The van der Waals surface area contributed by atoms with Gasteiger partial charge in [0.2, 0.25) is 0 Å². The Balaban J connectivity index is 2.78. The maximum absolute atomic E-state index is 5.81. The van der Waals surface area contributed by atoms with Crippen LogP contribution in [-0.4, -0.2) is 32.3 Å². The minimum Gasteiger partial charge on any atom is -0.383 e. The van der Waals surface area contributed by atoms with Crippen LogP contribution in [-0.2, 0) is 10.6 Å². The van der Waals surface area contributed by atoms with Crippen molar-refractivity contribution in [2.45, 2.75) is 12.8 Å². The number of likely N-dealkylation sites (N-methyl/N-ethyl adjacent to an activating group) is 1. The van der Waals surface area contributed by atoms with Crippen molar-refractivity contribution < 1.29 is 4.74 Å². The second kappa shape index (κ2) is 5.93. The fourth-order valence-electron chi connectivity index (χ4n) is 1.34. The maximum Gasteiger partial charge on any atom is 0.128 e. The van der Waals surface area contributed by atoms with Gasteiger partial charge in [0.05, 0.1) is 6.61 Å². The van der Waals surface area contributed by atoms with Gasteiger partial charge in [0, 0.05) is 32.3 Å². The summed E-state index contributed by atoms with van der Waals surface area (Å²) >= 11 is 5.81. The third-order valence-electron chi connectivity index (χ3n) is 2.18. The van der Waals surface area contributed by atoms with Gasteiger partial charge in [-0.1, -0.05) is 0 Å². The van der Waals surface area contributed by atoms with Gasteiger partial charge < -0.3 is 9.64 Å². The Bertz CT molecular complexity index is 317. The molecule has 0 atom stereocenters. The van der Waals surface area contributed by atoms with Crippen molar-refractivity contribution in [2.75, 3.05) is 32.2 Å². The van der Waals surface area contributed by atoms with Gasteiger partial charge in [-0.15, -0.1) is 11.6 Å². The van der Waals surface area contributed by atoms with Gasteiger partial charge in [-0.05, 0) is 24.6 Å². The first-order chi connectivity index (χ1) is 7.17. The number of halogens is 1. The van der Waals surface area contributed by atoms with Crippen molar-refractivity contribution in [3.8, 4) is 0 Å². The fourth-order valence-corrected chi connectivity index (χ4v) is 1.49. The van der Waals surface area contributed by atoms with Crippen LogP contribution in [0.25, 0.3) is 0 Å². The molecule has 1 rings (SSSR count). The van der Waals surface area contributed by atoms with E-state index in [2.05, 4.69) is 9.88 Å². The second-order valence-corrected chi connectivity index (χ2v) is 3.79. The molecule has 1 heterocycles. The molecule has 15 heavy (non-hydrogen) atoms. The van der Waals surface area contributed by atoms with Crippen molar-refractivity contribution in [1.29, 1.82) is 0 Å². The molecule has 0 saturated carbocycles. The first kappa shape index (κ1) is 12.3. The van der Waals surface area contributed by atoms with Gasteiger partial charge in [-0.2, -0.15) is 0 Å². The molecule has 0 unspecified atom stereocenters. The van der Waals surface area contributed by atoms with E-state index in [9.17, 15) is 0 Å². The highest BCUT2D eigenvalue weighted by molar-refractivity contribution is 6.17. The van der Waals surface area contributed by atoms with Crippen LogP contribution in [0.3, 0.4) is 0 Å². The van der Waals surface area contributed by atoms with Crippen molar-refractivity contribution in [1.82, 2.24) is 4.98 Å². The van der Waals surface area contributed by atoms with E-state index < -0.39 is 0 Å². The van der Waals surface area contributed by atoms with E-state index in [1.54, 1.807) is 7.11 Å². The Morgan fingerprint density at radius 2 is 2.20 bits per heavy atom. The number of rotatable bonds is 5. The highest BCUT2D eigenvalue weighted by Crippen LogP contribution is 2.15. The van der Waals surface area contributed by atoms with Crippen molar-refractivity contribution in [3.63, 3.8) is 0 Å². The average molecular weight is 229 g/mol. The first-order valence-electron chi connectivity index (χ1n) is 4.91. The van der Waals surface area contributed by atoms with Crippen molar-refractivity contribution >= 4 is 17.4 Å². The number of pyridine rings is 1. The van der Waals surface area contributed by atoms with Gasteiger partial charge in [-0.25, -0.2) is 4.98 Å². The number of aromatic nitrogens is 1. The molecule has 0 amide bonds. The van der Waals surface area contributed by atoms with E-state index in [-0.39, 0.29) is 0 Å². The molecule has 3 nitrogen and oxygen atoms in total. The SMILES string of the molecule is COCCN(C)c1cc(CCl)cc(C)n1. The summed E-state index contributed by atoms with van der Waals surface area (Å²) in [6.45, 7) is 3.50. The van der Waals surface area contributed by atoms with Crippen LogP contribution in [0, 0.1) is 6.92 Å². The lowest BCUT2D eigenvalue weighted by molar-refractivity contribution is 0.206. The number of alkyl halides is 1. The average Bonchev–Trinajstić information content (AvgIpc) is 2.24. The molecule has 0 saturated heterocycles. The lowest BCUT2D eigenvalue weighted by Gasteiger charge is -2.18. The summed E-state index contributed by atoms with van der Waals surface area (Å²) in [4.78, 5) is 6.51. The monoisotopic (exact) mass is 228 g/mol. The minimum absolute atomic E-state index is 0.522. The molecular weight excluding hydrogens is 212 g/mol. The molecule has 4 heteroatoms. The molecular formula is C11H17ClN2O. The van der Waals surface area contributed by atoms with Gasteiger partial charge in [0.25, 0.3) is 0 Å². The van der Waals surface area contributed by atoms with Crippen LogP contribution in [0.15, 0.2) is 12.1 Å². The molecule has 0 radical (unpaired) electrons. The number of hydrogen-bond acceptors (Lipinski definition) is 3. The number of aryl methyl sites for hydroxylation is 1. The highest BCUT2D eigenvalue weighted by atomic mass is 35.5. The molecule has 0 aliphatic heterocycles. The number of ether oxygens (including phenoxy) is 1. The first-order valence-corrected chi connectivity index (χ1v) is 5.44. The van der Waals surface area contributed by atoms with Crippen LogP contribution in [0.2, 0.25) is 0 Å². The number of nitrogens with zero attached hydrogens (tertiary/aromatic N) is 2. The van der Waals surface area contributed by atoms with Crippen LogP contribution in [0.5, 0.6) is 0 Å². The zero-order valence-corrected chi connectivity index (χ0v) is 10.2. The summed E-state index contributed by atoms with van der Waals surface area (Å²) in [5.74, 6) is 1.47. The summed E-state index contributed by atoms with van der Waals surface area (Å²) in [5.41, 5.74) is 2.09. The molecule has 0 aromatic carbocycles. The van der Waals surface area contributed by atoms with E-state index >= 15 is 0 Å². The largest absolute Gasteiger partial charge is 0.383 e. The Morgan fingerprint density at radius 3 is 2.80 bits per heavy atom. The molecule has 0 fully saturated rings. The van der Waals surface area contributed by atoms with Gasteiger partial charge in [0.1, 0.15) is 5.82 Å². The quantitative estimate of drug-likeness (QED) is 0.723. The minimum atomic E-state index is 0.522. The third-order valence-corrected chi connectivity index (χ3v) is 2.48. The Morgan fingerprint density at radius 1 is 1.47 bits per heavy atom. The van der Waals surface area contributed by atoms with Crippen LogP contribution < -0.4 is 4.90 Å². The summed E-state index contributed by atoms with van der Waals surface area (Å²) < 4.78 is 5.03. The molecule has 0 spiro atoms. The molecule has 84 valence electrons. The second-order valence-electron chi connectivity index (χ2n) is 3.52. The van der Waals surface area contributed by atoms with E-state index in [1.807, 2.05) is 26.1 Å². The third kappa shape index (κ3) is 3.68. The van der Waals surface area contributed by atoms with Gasteiger partial charge in [0.15, 0.2) is 0 Å². The lowest BCUT2D eigenvalue weighted by Crippen LogP contribution is -2.23.